The second-order valence-corrected chi connectivity index (χ2v) is 11.8. The molecule has 5 rings (SSSR count). The van der Waals surface area contributed by atoms with Crippen molar-refractivity contribution in [3.8, 4) is 11.5 Å². The number of carboxylic acid groups (broad SMARTS) is 1. The first-order chi connectivity index (χ1) is 19.9. The van der Waals surface area contributed by atoms with Crippen LogP contribution in [-0.4, -0.2) is 71.5 Å². The first kappa shape index (κ1) is 29.8. The van der Waals surface area contributed by atoms with Gasteiger partial charge in [0.1, 0.15) is 11.8 Å². The van der Waals surface area contributed by atoms with Crippen molar-refractivity contribution in [3.05, 3.63) is 35.1 Å². The summed E-state index contributed by atoms with van der Waals surface area (Å²) in [7, 11) is 1.56. The zero-order chi connectivity index (χ0) is 30.4. The van der Waals surface area contributed by atoms with E-state index >= 15 is 0 Å². The average molecular weight is 587 g/mol. The van der Waals surface area contributed by atoms with Gasteiger partial charge < -0.3 is 40.2 Å². The largest absolute Gasteiger partial charge is 0.493 e. The van der Waals surface area contributed by atoms with Crippen LogP contribution >= 0.6 is 0 Å². The number of hydrogen-bond donors (Lipinski definition) is 4. The second-order valence-electron chi connectivity index (χ2n) is 11.8. The third-order valence-corrected chi connectivity index (χ3v) is 9.45. The van der Waals surface area contributed by atoms with Crippen LogP contribution in [0.1, 0.15) is 63.5 Å². The molecule has 4 aliphatic rings. The van der Waals surface area contributed by atoms with Gasteiger partial charge in [-0.05, 0) is 68.6 Å². The van der Waals surface area contributed by atoms with Crippen molar-refractivity contribution in [1.82, 2.24) is 5.32 Å². The van der Waals surface area contributed by atoms with Crippen LogP contribution in [0, 0.1) is 11.8 Å². The van der Waals surface area contributed by atoms with Crippen molar-refractivity contribution in [2.75, 3.05) is 13.7 Å². The Hall–Kier alpha value is -3.64. The van der Waals surface area contributed by atoms with E-state index in [4.69, 9.17) is 29.8 Å². The van der Waals surface area contributed by atoms with Gasteiger partial charge in [-0.2, -0.15) is 0 Å². The Morgan fingerprint density at radius 3 is 2.71 bits per heavy atom. The van der Waals surface area contributed by atoms with Crippen molar-refractivity contribution < 1.29 is 48.3 Å². The van der Waals surface area contributed by atoms with Gasteiger partial charge in [0.2, 0.25) is 5.91 Å². The number of amides is 1. The Bertz CT molecular complexity index is 1330. The molecule has 1 aromatic rings. The molecule has 1 fully saturated rings. The number of carbonyl (C=O) groups excluding carboxylic acids is 3. The normalized spacial score (nSPS) is 29.6. The molecule has 1 unspecified atom stereocenters. The summed E-state index contributed by atoms with van der Waals surface area (Å²) in [5, 5.41) is 23.6. The van der Waals surface area contributed by atoms with Gasteiger partial charge in [0.15, 0.2) is 23.7 Å². The number of hydrogen-bond acceptors (Lipinski definition) is 10. The van der Waals surface area contributed by atoms with Crippen LogP contribution in [-0.2, 0) is 40.5 Å². The van der Waals surface area contributed by atoms with Crippen molar-refractivity contribution in [2.45, 2.75) is 88.1 Å². The van der Waals surface area contributed by atoms with Crippen LogP contribution < -0.4 is 20.5 Å². The molecule has 7 atom stereocenters. The number of rotatable bonds is 11. The van der Waals surface area contributed by atoms with Gasteiger partial charge in [-0.25, -0.2) is 4.79 Å². The highest BCUT2D eigenvalue weighted by Crippen LogP contribution is 2.68. The molecule has 12 heteroatoms. The van der Waals surface area contributed by atoms with Gasteiger partial charge in [-0.15, -0.1) is 0 Å². The average Bonchev–Trinajstić information content (AvgIpc) is 3.30. The fourth-order valence-electron chi connectivity index (χ4n) is 7.27. The van der Waals surface area contributed by atoms with Crippen LogP contribution in [0.2, 0.25) is 0 Å². The smallest absolute Gasteiger partial charge is 0.352 e. The molecule has 0 aromatic heterocycles. The van der Waals surface area contributed by atoms with Crippen LogP contribution in [0.3, 0.4) is 0 Å². The molecule has 1 saturated carbocycles. The number of methoxy groups -OCH3 is 1. The molecular weight excluding hydrogens is 548 g/mol. The van der Waals surface area contributed by atoms with E-state index in [0.717, 1.165) is 24.0 Å². The van der Waals surface area contributed by atoms with Gasteiger partial charge in [0.05, 0.1) is 24.5 Å². The molecule has 228 valence electrons. The molecule has 1 aliphatic heterocycles. The van der Waals surface area contributed by atoms with Crippen LogP contribution in [0.4, 0.5) is 0 Å². The Morgan fingerprint density at radius 2 is 2.00 bits per heavy atom. The van der Waals surface area contributed by atoms with E-state index in [1.165, 1.54) is 6.92 Å². The first-order valence-electron chi connectivity index (χ1n) is 14.4. The maximum Gasteiger partial charge on any atom is 0.352 e. The standard InChI is InChI=1S/C30H38N2O10/c1-15-8-11-29-24-17-4-6-20(39-3)25(24)42-26(29)21(9-12-30(29,38)18(15)14-17)41-28(37)16(2)40-23(34)10-13-32-22(33)7-5-19(31)27(35)36/h4,6,9,15-16,18-19,26,38H,5,7-8,10-14,31H2,1-3H3,(H,32,33)(H,35,36)/t15?,16-,18-,19-,26-,29-,30+/m0/s1. The molecule has 5 N–H and O–H groups in total. The monoisotopic (exact) mass is 586 g/mol. The molecule has 12 nitrogen and oxygen atoms in total. The van der Waals surface area contributed by atoms with E-state index < -0.39 is 53.1 Å². The number of ether oxygens (including phenoxy) is 4. The lowest BCUT2D eigenvalue weighted by Gasteiger charge is -2.61. The number of nitrogens with two attached hydrogens (primary N) is 1. The molecule has 2 bridgehead atoms. The minimum absolute atomic E-state index is 0.0203. The molecule has 42 heavy (non-hydrogen) atoms. The lowest BCUT2D eigenvalue weighted by atomic mass is 9.45. The minimum Gasteiger partial charge on any atom is -0.493 e. The zero-order valence-electron chi connectivity index (χ0n) is 24.0. The third-order valence-electron chi connectivity index (χ3n) is 9.45. The number of carbonyl (C=O) groups is 4. The van der Waals surface area contributed by atoms with E-state index in [2.05, 4.69) is 12.2 Å². The predicted octanol–water partition coefficient (Wildman–Crippen LogP) is 1.49. The van der Waals surface area contributed by atoms with Gasteiger partial charge >= 0.3 is 17.9 Å². The topological polar surface area (TPSA) is 184 Å². The molecular formula is C30H38N2O10. The molecule has 1 aromatic carbocycles. The van der Waals surface area contributed by atoms with Crippen molar-refractivity contribution in [1.29, 1.82) is 0 Å². The Kier molecular flexibility index (Phi) is 7.97. The summed E-state index contributed by atoms with van der Waals surface area (Å²) in [5.74, 6) is -1.42. The number of esters is 2. The summed E-state index contributed by atoms with van der Waals surface area (Å²) in [6, 6.07) is 2.76. The fourth-order valence-corrected chi connectivity index (χ4v) is 7.27. The van der Waals surface area contributed by atoms with Gasteiger partial charge in [0, 0.05) is 18.5 Å². The van der Waals surface area contributed by atoms with E-state index in [1.54, 1.807) is 13.2 Å². The minimum atomic E-state index is -1.24. The number of aliphatic carboxylic acids is 1. The number of aliphatic hydroxyl groups is 1. The molecule has 0 saturated heterocycles. The van der Waals surface area contributed by atoms with E-state index in [-0.39, 0.29) is 37.5 Å². The van der Waals surface area contributed by atoms with Gasteiger partial charge in [-0.3, -0.25) is 14.4 Å². The Balaban J connectivity index is 1.23. The Morgan fingerprint density at radius 1 is 1.24 bits per heavy atom. The lowest BCUT2D eigenvalue weighted by molar-refractivity contribution is -0.176. The number of carboxylic acids is 1. The highest BCUT2D eigenvalue weighted by molar-refractivity contribution is 5.81. The molecule has 1 amide bonds. The van der Waals surface area contributed by atoms with E-state index in [9.17, 15) is 24.3 Å². The summed E-state index contributed by atoms with van der Waals surface area (Å²) in [5.41, 5.74) is 5.56. The van der Waals surface area contributed by atoms with E-state index in [0.29, 0.717) is 30.3 Å². The highest BCUT2D eigenvalue weighted by atomic mass is 16.6. The summed E-state index contributed by atoms with van der Waals surface area (Å²) >= 11 is 0. The highest BCUT2D eigenvalue weighted by Gasteiger charge is 2.72. The van der Waals surface area contributed by atoms with Crippen LogP contribution in [0.15, 0.2) is 24.0 Å². The van der Waals surface area contributed by atoms with Crippen molar-refractivity contribution in [3.63, 3.8) is 0 Å². The predicted molar refractivity (Wildman–Crippen MR) is 146 cm³/mol. The van der Waals surface area contributed by atoms with Crippen LogP contribution in [0.5, 0.6) is 11.5 Å². The van der Waals surface area contributed by atoms with Gasteiger partial charge in [-0.1, -0.05) is 13.0 Å². The summed E-state index contributed by atoms with van der Waals surface area (Å²) in [6.07, 6.45) is 1.98. The van der Waals surface area contributed by atoms with Crippen molar-refractivity contribution in [2.24, 2.45) is 17.6 Å². The summed E-state index contributed by atoms with van der Waals surface area (Å²) in [4.78, 5) is 48.0. The zero-order valence-corrected chi connectivity index (χ0v) is 24.0. The molecule has 1 heterocycles. The SMILES string of the molecule is COc1ccc2c3c1O[C@H]1C(OC(=O)[C@H](C)OC(=O)CCNC(=O)CC[C@H](N)C(=O)O)=CC[C@@]4(O)[C@@H](C2)C(C)CC[C@]314. The summed E-state index contributed by atoms with van der Waals surface area (Å²) in [6.45, 7) is 3.52. The maximum atomic E-state index is 13.1. The number of benzene rings is 1. The lowest BCUT2D eigenvalue weighted by Crippen LogP contribution is -2.69. The van der Waals surface area contributed by atoms with Gasteiger partial charge in [0.25, 0.3) is 0 Å². The maximum absolute atomic E-state index is 13.1. The van der Waals surface area contributed by atoms with Crippen LogP contribution in [0.25, 0.3) is 0 Å². The third kappa shape index (κ3) is 4.80. The second kappa shape index (κ2) is 11.2. The fraction of sp³-hybridized carbons (Fsp3) is 0.600. The molecule has 3 aliphatic carbocycles. The Labute approximate surface area is 243 Å². The molecule has 0 radical (unpaired) electrons. The molecule has 1 spiro atoms. The quantitative estimate of drug-likeness (QED) is 0.276. The van der Waals surface area contributed by atoms with E-state index in [1.807, 2.05) is 12.1 Å². The number of nitrogens with one attached hydrogen (secondary N) is 1. The first-order valence-corrected chi connectivity index (χ1v) is 14.4. The van der Waals surface area contributed by atoms with Crippen molar-refractivity contribution >= 4 is 23.8 Å². The summed E-state index contributed by atoms with van der Waals surface area (Å²) < 4.78 is 23.1.